The first-order chi connectivity index (χ1) is 7.99. The van der Waals surface area contributed by atoms with Gasteiger partial charge in [-0.25, -0.2) is 0 Å². The molecule has 4 nitrogen and oxygen atoms in total. The van der Waals surface area contributed by atoms with Crippen LogP contribution in [0.5, 0.6) is 5.75 Å². The molecule has 0 bridgehead atoms. The Morgan fingerprint density at radius 3 is 2.88 bits per heavy atom. The number of nitrogens with two attached hydrogens (primary N) is 1. The Morgan fingerprint density at radius 2 is 2.24 bits per heavy atom. The van der Waals surface area contributed by atoms with Gasteiger partial charge in [-0.1, -0.05) is 6.07 Å². The summed E-state index contributed by atoms with van der Waals surface area (Å²) in [5, 5.41) is 9.39. The van der Waals surface area contributed by atoms with Crippen LogP contribution in [0.1, 0.15) is 19.4 Å². The second-order valence-electron chi connectivity index (χ2n) is 5.18. The number of morpholine rings is 1. The van der Waals surface area contributed by atoms with Crippen LogP contribution in [0.4, 0.5) is 5.69 Å². The molecule has 1 saturated heterocycles. The van der Waals surface area contributed by atoms with E-state index in [-0.39, 0.29) is 11.3 Å². The molecule has 17 heavy (non-hydrogen) atoms. The molecular weight excluding hydrogens is 216 g/mol. The highest BCUT2D eigenvalue weighted by Crippen LogP contribution is 2.25. The van der Waals surface area contributed by atoms with Gasteiger partial charge in [0.15, 0.2) is 0 Å². The fourth-order valence-electron chi connectivity index (χ4n) is 2.11. The van der Waals surface area contributed by atoms with Crippen LogP contribution in [0.2, 0.25) is 0 Å². The number of benzene rings is 1. The van der Waals surface area contributed by atoms with Crippen molar-refractivity contribution in [1.29, 1.82) is 0 Å². The molecule has 1 aliphatic heterocycles. The van der Waals surface area contributed by atoms with Gasteiger partial charge in [-0.05, 0) is 31.5 Å². The number of hydrogen-bond acceptors (Lipinski definition) is 4. The number of nitrogens with zero attached hydrogens (tertiary/aromatic N) is 1. The summed E-state index contributed by atoms with van der Waals surface area (Å²) < 4.78 is 5.49. The lowest BCUT2D eigenvalue weighted by Crippen LogP contribution is -2.52. The molecule has 1 aromatic rings. The number of phenols is 1. The summed E-state index contributed by atoms with van der Waals surface area (Å²) in [6.07, 6.45) is 0. The maximum atomic E-state index is 9.39. The number of hydrogen-bond donors (Lipinski definition) is 2. The number of aromatic hydroxyl groups is 1. The molecule has 0 radical (unpaired) electrons. The van der Waals surface area contributed by atoms with Crippen LogP contribution in [-0.2, 0) is 11.3 Å². The van der Waals surface area contributed by atoms with Gasteiger partial charge in [0.2, 0.25) is 0 Å². The van der Waals surface area contributed by atoms with Gasteiger partial charge in [0.05, 0.1) is 18.9 Å². The highest BCUT2D eigenvalue weighted by Gasteiger charge is 2.30. The monoisotopic (exact) mass is 236 g/mol. The molecule has 1 aliphatic rings. The van der Waals surface area contributed by atoms with E-state index in [0.29, 0.717) is 5.69 Å². The van der Waals surface area contributed by atoms with Crippen molar-refractivity contribution < 1.29 is 9.84 Å². The van der Waals surface area contributed by atoms with Crippen molar-refractivity contribution in [3.63, 3.8) is 0 Å². The lowest BCUT2D eigenvalue weighted by Gasteiger charge is -2.42. The first-order valence-corrected chi connectivity index (χ1v) is 5.89. The summed E-state index contributed by atoms with van der Waals surface area (Å²) >= 11 is 0. The lowest BCUT2D eigenvalue weighted by atomic mass is 10.0. The van der Waals surface area contributed by atoms with Crippen molar-refractivity contribution in [1.82, 2.24) is 4.90 Å². The fourth-order valence-corrected chi connectivity index (χ4v) is 2.11. The molecule has 0 unspecified atom stereocenters. The zero-order valence-electron chi connectivity index (χ0n) is 10.4. The summed E-state index contributed by atoms with van der Waals surface area (Å²) in [4.78, 5) is 2.38. The second-order valence-corrected chi connectivity index (χ2v) is 5.18. The van der Waals surface area contributed by atoms with E-state index in [1.165, 1.54) is 0 Å². The molecular formula is C13H20N2O2. The number of rotatable bonds is 2. The van der Waals surface area contributed by atoms with E-state index in [9.17, 15) is 5.11 Å². The van der Waals surface area contributed by atoms with E-state index in [2.05, 4.69) is 18.7 Å². The average molecular weight is 236 g/mol. The van der Waals surface area contributed by atoms with E-state index in [0.717, 1.165) is 31.9 Å². The summed E-state index contributed by atoms with van der Waals surface area (Å²) in [6, 6.07) is 5.40. The minimum absolute atomic E-state index is 0.0465. The average Bonchev–Trinajstić information content (AvgIpc) is 2.26. The molecule has 3 N–H and O–H groups in total. The summed E-state index contributed by atoms with van der Waals surface area (Å²) in [5.74, 6) is 0.148. The Hall–Kier alpha value is -1.26. The minimum Gasteiger partial charge on any atom is -0.506 e. The number of phenolic OH excluding ortho intramolecular Hbond substituents is 1. The SMILES string of the molecule is CC1(C)COCCN1Cc1ccc(O)c(N)c1. The van der Waals surface area contributed by atoms with Gasteiger partial charge < -0.3 is 15.6 Å². The van der Waals surface area contributed by atoms with E-state index < -0.39 is 0 Å². The van der Waals surface area contributed by atoms with E-state index in [1.54, 1.807) is 6.07 Å². The fraction of sp³-hybridized carbons (Fsp3) is 0.538. The third-order valence-electron chi connectivity index (χ3n) is 3.28. The zero-order valence-corrected chi connectivity index (χ0v) is 10.4. The normalized spacial score (nSPS) is 20.4. The smallest absolute Gasteiger partial charge is 0.138 e. The van der Waals surface area contributed by atoms with Crippen LogP contribution in [0.3, 0.4) is 0 Å². The first kappa shape index (κ1) is 12.2. The summed E-state index contributed by atoms with van der Waals surface area (Å²) in [5.41, 5.74) is 7.31. The Bertz CT molecular complexity index is 404. The minimum atomic E-state index is 0.0465. The van der Waals surface area contributed by atoms with Gasteiger partial charge in [-0.3, -0.25) is 4.90 Å². The Balaban J connectivity index is 2.11. The van der Waals surface area contributed by atoms with Crippen molar-refractivity contribution in [2.45, 2.75) is 25.9 Å². The molecule has 0 aliphatic carbocycles. The van der Waals surface area contributed by atoms with Crippen LogP contribution in [0.15, 0.2) is 18.2 Å². The molecule has 0 saturated carbocycles. The third-order valence-corrected chi connectivity index (χ3v) is 3.28. The van der Waals surface area contributed by atoms with E-state index in [1.807, 2.05) is 12.1 Å². The Labute approximate surface area is 102 Å². The largest absolute Gasteiger partial charge is 0.506 e. The molecule has 1 fully saturated rings. The van der Waals surface area contributed by atoms with Gasteiger partial charge in [-0.15, -0.1) is 0 Å². The van der Waals surface area contributed by atoms with Gasteiger partial charge in [0.25, 0.3) is 0 Å². The lowest BCUT2D eigenvalue weighted by molar-refractivity contribution is -0.0552. The molecule has 0 atom stereocenters. The van der Waals surface area contributed by atoms with Crippen LogP contribution < -0.4 is 5.73 Å². The molecule has 1 heterocycles. The Morgan fingerprint density at radius 1 is 1.47 bits per heavy atom. The molecule has 0 spiro atoms. The van der Waals surface area contributed by atoms with E-state index in [4.69, 9.17) is 10.5 Å². The highest BCUT2D eigenvalue weighted by molar-refractivity contribution is 5.53. The maximum Gasteiger partial charge on any atom is 0.138 e. The molecule has 2 rings (SSSR count). The first-order valence-electron chi connectivity index (χ1n) is 5.89. The molecule has 4 heteroatoms. The standard InChI is InChI=1S/C13H20N2O2/c1-13(2)9-17-6-5-15(13)8-10-3-4-12(16)11(14)7-10/h3-4,7,16H,5-6,8-9,14H2,1-2H3. The quantitative estimate of drug-likeness (QED) is 0.604. The molecule has 0 aromatic heterocycles. The maximum absolute atomic E-state index is 9.39. The van der Waals surface area contributed by atoms with Crippen molar-refractivity contribution in [3.05, 3.63) is 23.8 Å². The zero-order chi connectivity index (χ0) is 12.5. The molecule has 1 aromatic carbocycles. The summed E-state index contributed by atoms with van der Waals surface area (Å²) in [7, 11) is 0. The highest BCUT2D eigenvalue weighted by atomic mass is 16.5. The predicted molar refractivity (Wildman–Crippen MR) is 67.8 cm³/mol. The molecule has 0 amide bonds. The Kier molecular flexibility index (Phi) is 3.26. The van der Waals surface area contributed by atoms with Gasteiger partial charge >= 0.3 is 0 Å². The third kappa shape index (κ3) is 2.70. The predicted octanol–water partition coefficient (Wildman–Crippen LogP) is 1.59. The van der Waals surface area contributed by atoms with Crippen molar-refractivity contribution in [3.8, 4) is 5.75 Å². The van der Waals surface area contributed by atoms with Crippen molar-refractivity contribution >= 4 is 5.69 Å². The van der Waals surface area contributed by atoms with Crippen LogP contribution in [-0.4, -0.2) is 35.3 Å². The number of nitrogen functional groups attached to an aromatic ring is 1. The van der Waals surface area contributed by atoms with Gasteiger partial charge in [0.1, 0.15) is 5.75 Å². The van der Waals surface area contributed by atoms with Crippen LogP contribution in [0, 0.1) is 0 Å². The van der Waals surface area contributed by atoms with Crippen molar-refractivity contribution in [2.75, 3.05) is 25.5 Å². The van der Waals surface area contributed by atoms with Gasteiger partial charge in [-0.2, -0.15) is 0 Å². The molecule has 94 valence electrons. The topological polar surface area (TPSA) is 58.7 Å². The second kappa shape index (κ2) is 4.55. The summed E-state index contributed by atoms with van der Waals surface area (Å²) in [6.45, 7) is 7.64. The van der Waals surface area contributed by atoms with Gasteiger partial charge in [0, 0.05) is 18.6 Å². The van der Waals surface area contributed by atoms with E-state index >= 15 is 0 Å². The number of anilines is 1. The van der Waals surface area contributed by atoms with Crippen LogP contribution >= 0.6 is 0 Å². The van der Waals surface area contributed by atoms with Crippen molar-refractivity contribution in [2.24, 2.45) is 0 Å². The number of ether oxygens (including phenoxy) is 1. The van der Waals surface area contributed by atoms with Crippen LogP contribution in [0.25, 0.3) is 0 Å².